The number of thiol groups is 1. The number of piperidine rings is 1. The predicted octanol–water partition coefficient (Wildman–Crippen LogP) is 1.72. The van der Waals surface area contributed by atoms with Crippen LogP contribution >= 0.6 is 12.6 Å². The zero-order chi connectivity index (χ0) is 10.7. The number of hydrogen-bond donors (Lipinski definition) is 1. The Morgan fingerprint density at radius 3 is 3.20 bits per heavy atom. The van der Waals surface area contributed by atoms with E-state index in [1.807, 2.05) is 12.3 Å². The van der Waals surface area contributed by atoms with E-state index in [9.17, 15) is 0 Å². The first-order valence-electron chi connectivity index (χ1n) is 5.41. The number of hydrogen-bond acceptors (Lipinski definition) is 4. The van der Waals surface area contributed by atoms with E-state index in [1.54, 1.807) is 0 Å². The van der Waals surface area contributed by atoms with Gasteiger partial charge in [0.1, 0.15) is 5.82 Å². The van der Waals surface area contributed by atoms with E-state index < -0.39 is 0 Å². The second kappa shape index (κ2) is 4.94. The molecule has 4 heteroatoms. The van der Waals surface area contributed by atoms with Crippen molar-refractivity contribution in [2.75, 3.05) is 20.1 Å². The van der Waals surface area contributed by atoms with Gasteiger partial charge < -0.3 is 4.90 Å². The summed E-state index contributed by atoms with van der Waals surface area (Å²) in [4.78, 5) is 11.1. The van der Waals surface area contributed by atoms with E-state index in [-0.39, 0.29) is 0 Å². The minimum atomic E-state index is 0.574. The van der Waals surface area contributed by atoms with Gasteiger partial charge in [0.15, 0.2) is 0 Å². The van der Waals surface area contributed by atoms with Crippen LogP contribution in [-0.2, 0) is 5.75 Å². The highest BCUT2D eigenvalue weighted by molar-refractivity contribution is 7.79. The minimum absolute atomic E-state index is 0.574. The average molecular weight is 223 g/mol. The van der Waals surface area contributed by atoms with E-state index in [1.165, 1.54) is 25.1 Å². The van der Waals surface area contributed by atoms with Gasteiger partial charge in [0.25, 0.3) is 0 Å². The second-order valence-corrected chi connectivity index (χ2v) is 4.47. The van der Waals surface area contributed by atoms with Gasteiger partial charge in [-0.3, -0.25) is 0 Å². The summed E-state index contributed by atoms with van der Waals surface area (Å²) in [6, 6.07) is 2.04. The molecule has 0 bridgehead atoms. The second-order valence-electron chi connectivity index (χ2n) is 4.16. The van der Waals surface area contributed by atoms with Crippen LogP contribution in [0, 0.1) is 0 Å². The van der Waals surface area contributed by atoms with Gasteiger partial charge in [0, 0.05) is 24.4 Å². The van der Waals surface area contributed by atoms with E-state index >= 15 is 0 Å². The Morgan fingerprint density at radius 2 is 2.47 bits per heavy atom. The van der Waals surface area contributed by atoms with Crippen LogP contribution in [0.4, 0.5) is 0 Å². The SMILES string of the molecule is CN1CCCC(c2ccnc(CS)n2)C1. The number of rotatable bonds is 2. The molecule has 1 aliphatic rings. The molecule has 2 rings (SSSR count). The van der Waals surface area contributed by atoms with Crippen LogP contribution in [0.3, 0.4) is 0 Å². The summed E-state index contributed by atoms with van der Waals surface area (Å²) in [7, 11) is 2.17. The Labute approximate surface area is 96.3 Å². The number of aromatic nitrogens is 2. The molecule has 2 heterocycles. The molecular weight excluding hydrogens is 206 g/mol. The highest BCUT2D eigenvalue weighted by Gasteiger charge is 2.20. The Kier molecular flexibility index (Phi) is 3.59. The lowest BCUT2D eigenvalue weighted by Crippen LogP contribution is -2.31. The third-order valence-corrected chi connectivity index (χ3v) is 3.19. The van der Waals surface area contributed by atoms with E-state index in [2.05, 4.69) is 34.5 Å². The van der Waals surface area contributed by atoms with Crippen molar-refractivity contribution in [1.29, 1.82) is 0 Å². The van der Waals surface area contributed by atoms with Crippen molar-refractivity contribution in [1.82, 2.24) is 14.9 Å². The van der Waals surface area contributed by atoms with E-state index in [0.29, 0.717) is 11.7 Å². The van der Waals surface area contributed by atoms with Crippen LogP contribution in [0.5, 0.6) is 0 Å². The molecule has 0 aromatic carbocycles. The molecule has 1 aromatic heterocycles. The van der Waals surface area contributed by atoms with Crippen LogP contribution < -0.4 is 0 Å². The fourth-order valence-electron chi connectivity index (χ4n) is 2.13. The quantitative estimate of drug-likeness (QED) is 0.774. The van der Waals surface area contributed by atoms with Crippen LogP contribution in [0.25, 0.3) is 0 Å². The van der Waals surface area contributed by atoms with Crippen LogP contribution in [-0.4, -0.2) is 35.0 Å². The maximum Gasteiger partial charge on any atom is 0.138 e. The molecule has 0 saturated carbocycles. The van der Waals surface area contributed by atoms with Crippen molar-refractivity contribution in [3.63, 3.8) is 0 Å². The summed E-state index contributed by atoms with van der Waals surface area (Å²) in [6.45, 7) is 2.32. The zero-order valence-electron chi connectivity index (χ0n) is 9.06. The highest BCUT2D eigenvalue weighted by Crippen LogP contribution is 2.24. The van der Waals surface area contributed by atoms with Gasteiger partial charge in [0.05, 0.1) is 5.75 Å². The van der Waals surface area contributed by atoms with Crippen molar-refractivity contribution in [2.45, 2.75) is 24.5 Å². The van der Waals surface area contributed by atoms with Gasteiger partial charge >= 0.3 is 0 Å². The molecule has 82 valence electrons. The smallest absolute Gasteiger partial charge is 0.138 e. The van der Waals surface area contributed by atoms with Crippen molar-refractivity contribution in [3.8, 4) is 0 Å². The van der Waals surface area contributed by atoms with Crippen molar-refractivity contribution in [2.24, 2.45) is 0 Å². The van der Waals surface area contributed by atoms with Gasteiger partial charge in [-0.05, 0) is 32.5 Å². The molecule has 1 atom stereocenters. The van der Waals surface area contributed by atoms with Gasteiger partial charge in [-0.25, -0.2) is 9.97 Å². The zero-order valence-corrected chi connectivity index (χ0v) is 9.95. The summed E-state index contributed by atoms with van der Waals surface area (Å²) in [5, 5.41) is 0. The summed E-state index contributed by atoms with van der Waals surface area (Å²) >= 11 is 4.20. The lowest BCUT2D eigenvalue weighted by molar-refractivity contribution is 0.248. The Hall–Kier alpha value is -0.610. The standard InChI is InChI=1S/C11H17N3S/c1-14-6-2-3-9(7-14)10-4-5-12-11(8-15)13-10/h4-5,9,15H,2-3,6-8H2,1H3. The molecule has 0 amide bonds. The molecule has 15 heavy (non-hydrogen) atoms. The molecule has 0 radical (unpaired) electrons. The predicted molar refractivity (Wildman–Crippen MR) is 64.2 cm³/mol. The Morgan fingerprint density at radius 1 is 1.60 bits per heavy atom. The number of nitrogens with zero attached hydrogens (tertiary/aromatic N) is 3. The van der Waals surface area contributed by atoms with Gasteiger partial charge in [-0.15, -0.1) is 0 Å². The third-order valence-electron chi connectivity index (χ3n) is 2.91. The van der Waals surface area contributed by atoms with Crippen LogP contribution in [0.1, 0.15) is 30.3 Å². The van der Waals surface area contributed by atoms with Gasteiger partial charge in [0.2, 0.25) is 0 Å². The summed E-state index contributed by atoms with van der Waals surface area (Å²) in [5.74, 6) is 2.03. The lowest BCUT2D eigenvalue weighted by Gasteiger charge is -2.29. The van der Waals surface area contributed by atoms with Gasteiger partial charge in [-0.1, -0.05) is 0 Å². The van der Waals surface area contributed by atoms with Crippen LogP contribution in [0.2, 0.25) is 0 Å². The number of likely N-dealkylation sites (N-methyl/N-ethyl adjacent to an activating group) is 1. The van der Waals surface area contributed by atoms with E-state index in [4.69, 9.17) is 0 Å². The first-order valence-corrected chi connectivity index (χ1v) is 6.04. The summed E-state index contributed by atoms with van der Waals surface area (Å²) in [6.07, 6.45) is 4.36. The van der Waals surface area contributed by atoms with Crippen LogP contribution in [0.15, 0.2) is 12.3 Å². The monoisotopic (exact) mass is 223 g/mol. The highest BCUT2D eigenvalue weighted by atomic mass is 32.1. The lowest BCUT2D eigenvalue weighted by atomic mass is 9.95. The molecule has 0 spiro atoms. The Bertz CT molecular complexity index is 329. The number of likely N-dealkylation sites (tertiary alicyclic amines) is 1. The molecule has 1 fully saturated rings. The molecule has 1 unspecified atom stereocenters. The summed E-state index contributed by atoms with van der Waals surface area (Å²) < 4.78 is 0. The van der Waals surface area contributed by atoms with Crippen molar-refractivity contribution >= 4 is 12.6 Å². The molecule has 1 aromatic rings. The Balaban J connectivity index is 2.13. The van der Waals surface area contributed by atoms with Crippen molar-refractivity contribution in [3.05, 3.63) is 23.8 Å². The maximum atomic E-state index is 4.54. The fraction of sp³-hybridized carbons (Fsp3) is 0.636. The maximum absolute atomic E-state index is 4.54. The molecule has 3 nitrogen and oxygen atoms in total. The fourth-order valence-corrected chi connectivity index (χ4v) is 2.28. The molecule has 1 aliphatic heterocycles. The molecule has 0 aliphatic carbocycles. The molecule has 1 saturated heterocycles. The third kappa shape index (κ3) is 2.69. The van der Waals surface area contributed by atoms with Crippen molar-refractivity contribution < 1.29 is 0 Å². The minimum Gasteiger partial charge on any atom is -0.306 e. The summed E-state index contributed by atoms with van der Waals surface area (Å²) in [5.41, 5.74) is 1.18. The molecule has 0 N–H and O–H groups in total. The van der Waals surface area contributed by atoms with Gasteiger partial charge in [-0.2, -0.15) is 12.6 Å². The largest absolute Gasteiger partial charge is 0.306 e. The topological polar surface area (TPSA) is 29.0 Å². The van der Waals surface area contributed by atoms with E-state index in [0.717, 1.165) is 12.4 Å². The average Bonchev–Trinajstić information content (AvgIpc) is 2.29. The molecular formula is C11H17N3S. The normalized spacial score (nSPS) is 22.9. The first-order chi connectivity index (χ1) is 7.29. The first kappa shape index (κ1) is 10.9.